The molecule has 0 aliphatic carbocycles. The fourth-order valence-electron chi connectivity index (χ4n) is 3.49. The highest BCUT2D eigenvalue weighted by Gasteiger charge is 2.48. The van der Waals surface area contributed by atoms with Gasteiger partial charge in [-0.25, -0.2) is 0 Å². The van der Waals surface area contributed by atoms with Crippen molar-refractivity contribution in [1.29, 1.82) is 0 Å². The van der Waals surface area contributed by atoms with Gasteiger partial charge in [-0.1, -0.05) is 35.1 Å². The third-order valence-corrected chi connectivity index (χ3v) is 5.94. The van der Waals surface area contributed by atoms with Crippen molar-refractivity contribution in [2.24, 2.45) is 0 Å². The maximum Gasteiger partial charge on any atom is 0.301 e. The number of Topliss-reactive ketones (excluding diaryl/α,β-unsaturated/α-hetero) is 1. The Morgan fingerprint density at radius 2 is 1.75 bits per heavy atom. The first-order valence-corrected chi connectivity index (χ1v) is 11.1. The summed E-state index contributed by atoms with van der Waals surface area (Å²) in [7, 11) is 0. The van der Waals surface area contributed by atoms with Crippen LogP contribution in [0, 0.1) is 6.92 Å². The standard InChI is InChI=1S/C23H20ClN3O4S/c1-12(2)31-17-10-6-15(7-11-17)20(28)18-19(14-4-8-16(24)9-5-14)27(22(30)21(18)29)23-26-25-13(3)32-23/h4-12,19,28H,1-3H3/t19-/m1/s1. The van der Waals surface area contributed by atoms with Crippen molar-refractivity contribution >= 4 is 45.5 Å². The van der Waals surface area contributed by atoms with Gasteiger partial charge in [-0.3, -0.25) is 14.5 Å². The molecule has 0 bridgehead atoms. The SMILES string of the molecule is Cc1nnc(N2C(=O)C(=O)C(=C(O)c3ccc(OC(C)C)cc3)[C@H]2c2ccc(Cl)cc2)s1. The molecule has 32 heavy (non-hydrogen) atoms. The van der Waals surface area contributed by atoms with Crippen molar-refractivity contribution in [3.05, 3.63) is 75.3 Å². The molecule has 1 aliphatic heterocycles. The molecule has 1 N–H and O–H groups in total. The largest absolute Gasteiger partial charge is 0.507 e. The zero-order valence-corrected chi connectivity index (χ0v) is 19.1. The van der Waals surface area contributed by atoms with Crippen molar-refractivity contribution in [2.45, 2.75) is 32.9 Å². The molecule has 7 nitrogen and oxygen atoms in total. The van der Waals surface area contributed by atoms with E-state index in [0.29, 0.717) is 26.9 Å². The monoisotopic (exact) mass is 469 g/mol. The summed E-state index contributed by atoms with van der Waals surface area (Å²) >= 11 is 7.23. The summed E-state index contributed by atoms with van der Waals surface area (Å²) in [5.41, 5.74) is 0.983. The number of aryl methyl sites for hydroxylation is 1. The summed E-state index contributed by atoms with van der Waals surface area (Å²) in [6.45, 7) is 5.59. The molecule has 2 heterocycles. The lowest BCUT2D eigenvalue weighted by Gasteiger charge is -2.22. The maximum atomic E-state index is 13.1. The van der Waals surface area contributed by atoms with Crippen LogP contribution >= 0.6 is 22.9 Å². The molecule has 1 aromatic heterocycles. The van der Waals surface area contributed by atoms with Crippen molar-refractivity contribution in [2.75, 3.05) is 4.90 Å². The molecule has 4 rings (SSSR count). The van der Waals surface area contributed by atoms with Gasteiger partial charge in [-0.05, 0) is 62.7 Å². The number of ketones is 1. The fourth-order valence-corrected chi connectivity index (χ4v) is 4.33. The van der Waals surface area contributed by atoms with E-state index < -0.39 is 17.7 Å². The van der Waals surface area contributed by atoms with Crippen LogP contribution in [0.4, 0.5) is 5.13 Å². The molecule has 0 radical (unpaired) electrons. The highest BCUT2D eigenvalue weighted by molar-refractivity contribution is 7.15. The van der Waals surface area contributed by atoms with Crippen LogP contribution < -0.4 is 9.64 Å². The van der Waals surface area contributed by atoms with Gasteiger partial charge < -0.3 is 9.84 Å². The number of aliphatic hydroxyl groups excluding tert-OH is 1. The highest BCUT2D eigenvalue weighted by Crippen LogP contribution is 2.43. The van der Waals surface area contributed by atoms with Crippen LogP contribution in [0.3, 0.4) is 0 Å². The van der Waals surface area contributed by atoms with E-state index in [1.807, 2.05) is 13.8 Å². The second-order valence-electron chi connectivity index (χ2n) is 7.52. The van der Waals surface area contributed by atoms with E-state index in [-0.39, 0.29) is 22.6 Å². The second-order valence-corrected chi connectivity index (χ2v) is 9.11. The normalized spacial score (nSPS) is 17.9. The lowest BCUT2D eigenvalue weighted by Crippen LogP contribution is -2.29. The lowest BCUT2D eigenvalue weighted by molar-refractivity contribution is -0.132. The minimum Gasteiger partial charge on any atom is -0.507 e. The van der Waals surface area contributed by atoms with Crippen LogP contribution in [0.25, 0.3) is 5.76 Å². The smallest absolute Gasteiger partial charge is 0.301 e. The topological polar surface area (TPSA) is 92.6 Å². The van der Waals surface area contributed by atoms with Gasteiger partial charge in [0.05, 0.1) is 17.7 Å². The van der Waals surface area contributed by atoms with E-state index in [4.69, 9.17) is 16.3 Å². The summed E-state index contributed by atoms with van der Waals surface area (Å²) in [5, 5.41) is 20.6. The predicted octanol–water partition coefficient (Wildman–Crippen LogP) is 4.91. The number of halogens is 1. The predicted molar refractivity (Wildman–Crippen MR) is 123 cm³/mol. The van der Waals surface area contributed by atoms with E-state index in [2.05, 4.69) is 10.2 Å². The summed E-state index contributed by atoms with van der Waals surface area (Å²) in [5.74, 6) is -1.21. The van der Waals surface area contributed by atoms with Gasteiger partial charge in [-0.2, -0.15) is 0 Å². The molecule has 0 spiro atoms. The van der Waals surface area contributed by atoms with E-state index >= 15 is 0 Å². The summed E-state index contributed by atoms with van der Waals surface area (Å²) < 4.78 is 5.64. The molecule has 1 atom stereocenters. The van der Waals surface area contributed by atoms with Crippen LogP contribution in [0.2, 0.25) is 5.02 Å². The number of aromatic nitrogens is 2. The number of rotatable bonds is 5. The Morgan fingerprint density at radius 1 is 1.09 bits per heavy atom. The molecule has 1 aliphatic rings. The summed E-state index contributed by atoms with van der Waals surface area (Å²) in [4.78, 5) is 27.4. The summed E-state index contributed by atoms with van der Waals surface area (Å²) in [6.07, 6.45) is 0.0000354. The van der Waals surface area contributed by atoms with E-state index in [1.54, 1.807) is 55.5 Å². The Bertz CT molecular complexity index is 1200. The number of hydrogen-bond acceptors (Lipinski definition) is 7. The van der Waals surface area contributed by atoms with E-state index in [9.17, 15) is 14.7 Å². The second kappa shape index (κ2) is 8.72. The fraction of sp³-hybridized carbons (Fsp3) is 0.217. The van der Waals surface area contributed by atoms with Gasteiger partial charge in [-0.15, -0.1) is 10.2 Å². The minimum absolute atomic E-state index is 0.0000354. The quantitative estimate of drug-likeness (QED) is 0.324. The minimum atomic E-state index is -0.869. The zero-order chi connectivity index (χ0) is 23.0. The Balaban J connectivity index is 1.85. The number of aliphatic hydroxyl groups is 1. The molecule has 2 aromatic carbocycles. The number of benzene rings is 2. The Morgan fingerprint density at radius 3 is 2.31 bits per heavy atom. The van der Waals surface area contributed by atoms with E-state index in [1.165, 1.54) is 16.2 Å². The highest BCUT2D eigenvalue weighted by atomic mass is 35.5. The van der Waals surface area contributed by atoms with Crippen LogP contribution in [-0.2, 0) is 9.59 Å². The van der Waals surface area contributed by atoms with Gasteiger partial charge in [0.2, 0.25) is 5.13 Å². The Hall–Kier alpha value is -3.23. The Labute approximate surface area is 193 Å². The molecule has 1 saturated heterocycles. The molecular weight excluding hydrogens is 450 g/mol. The molecular formula is C23H20ClN3O4S. The van der Waals surface area contributed by atoms with Crippen LogP contribution in [-0.4, -0.2) is 33.1 Å². The first kappa shape index (κ1) is 22.0. The molecule has 0 saturated carbocycles. The number of nitrogens with zero attached hydrogens (tertiary/aromatic N) is 3. The first-order chi connectivity index (χ1) is 15.3. The van der Waals surface area contributed by atoms with Gasteiger partial charge >= 0.3 is 5.91 Å². The average molecular weight is 470 g/mol. The molecule has 3 aromatic rings. The van der Waals surface area contributed by atoms with Gasteiger partial charge in [0.15, 0.2) is 0 Å². The number of anilines is 1. The van der Waals surface area contributed by atoms with E-state index in [0.717, 1.165) is 0 Å². The molecule has 164 valence electrons. The van der Waals surface area contributed by atoms with Crippen molar-refractivity contribution in [3.63, 3.8) is 0 Å². The number of carbonyl (C=O) groups is 2. The number of ether oxygens (including phenoxy) is 1. The molecule has 0 unspecified atom stereocenters. The number of amides is 1. The number of hydrogen-bond donors (Lipinski definition) is 1. The Kier molecular flexibility index (Phi) is 5.99. The molecule has 9 heteroatoms. The van der Waals surface area contributed by atoms with Crippen molar-refractivity contribution in [3.8, 4) is 5.75 Å². The first-order valence-electron chi connectivity index (χ1n) is 9.90. The van der Waals surface area contributed by atoms with Crippen LogP contribution in [0.1, 0.15) is 36.0 Å². The zero-order valence-electron chi connectivity index (χ0n) is 17.6. The molecule has 1 amide bonds. The third kappa shape index (κ3) is 4.11. The number of carbonyl (C=O) groups excluding carboxylic acids is 2. The van der Waals surface area contributed by atoms with Gasteiger partial charge in [0.1, 0.15) is 16.5 Å². The van der Waals surface area contributed by atoms with Gasteiger partial charge in [0, 0.05) is 10.6 Å². The third-order valence-electron chi connectivity index (χ3n) is 4.85. The van der Waals surface area contributed by atoms with Crippen LogP contribution in [0.15, 0.2) is 54.1 Å². The summed E-state index contributed by atoms with van der Waals surface area (Å²) in [6, 6.07) is 12.6. The van der Waals surface area contributed by atoms with Crippen molar-refractivity contribution < 1.29 is 19.4 Å². The van der Waals surface area contributed by atoms with Crippen molar-refractivity contribution in [1.82, 2.24) is 10.2 Å². The lowest BCUT2D eigenvalue weighted by atomic mass is 9.95. The van der Waals surface area contributed by atoms with Gasteiger partial charge in [0.25, 0.3) is 5.78 Å². The average Bonchev–Trinajstić information content (AvgIpc) is 3.29. The van der Waals surface area contributed by atoms with Crippen LogP contribution in [0.5, 0.6) is 5.75 Å². The maximum absolute atomic E-state index is 13.1. The molecule has 1 fully saturated rings.